The summed E-state index contributed by atoms with van der Waals surface area (Å²) < 4.78 is 0. The number of hydrogen-bond donors (Lipinski definition) is 0. The van der Waals surface area contributed by atoms with Crippen molar-refractivity contribution in [1.29, 1.82) is 10.5 Å². The zero-order valence-corrected chi connectivity index (χ0v) is 6.11. The normalized spacial score (nSPS) is 11.4. The van der Waals surface area contributed by atoms with Crippen molar-refractivity contribution in [3.8, 4) is 12.1 Å². The molecule has 0 aromatic rings. The predicted molar refractivity (Wildman–Crippen MR) is 37.8 cm³/mol. The fourth-order valence-corrected chi connectivity index (χ4v) is 0.956. The maximum Gasteiger partial charge on any atom is 0.0888 e. The highest BCUT2D eigenvalue weighted by Gasteiger charge is 1.96. The van der Waals surface area contributed by atoms with Gasteiger partial charge in [0.05, 0.1) is 17.4 Å². The molecule has 0 aliphatic rings. The second-order valence-corrected chi connectivity index (χ2v) is 3.00. The zero-order chi connectivity index (χ0) is 7.11. The van der Waals surface area contributed by atoms with Crippen LogP contribution in [0.3, 0.4) is 0 Å². The summed E-state index contributed by atoms with van der Waals surface area (Å²) in [6, 6.07) is 4.09. The summed E-state index contributed by atoms with van der Waals surface area (Å²) in [6.07, 6.45) is 0.538. The largest absolute Gasteiger partial charge is 0.198 e. The molecule has 0 aliphatic carbocycles. The first-order valence-electron chi connectivity index (χ1n) is 2.69. The SMILES string of the molecule is CC(C#N)SCCC#N. The van der Waals surface area contributed by atoms with Crippen LogP contribution in [0.15, 0.2) is 0 Å². The lowest BCUT2D eigenvalue weighted by Crippen LogP contribution is -1.90. The summed E-state index contributed by atoms with van der Waals surface area (Å²) in [6.45, 7) is 1.84. The van der Waals surface area contributed by atoms with Crippen molar-refractivity contribution >= 4 is 11.8 Å². The van der Waals surface area contributed by atoms with Gasteiger partial charge in [-0.2, -0.15) is 10.5 Å². The van der Waals surface area contributed by atoms with Crippen molar-refractivity contribution in [3.63, 3.8) is 0 Å². The maximum atomic E-state index is 8.28. The molecule has 3 heteroatoms. The third kappa shape index (κ3) is 5.20. The minimum Gasteiger partial charge on any atom is -0.198 e. The molecule has 1 atom stereocenters. The predicted octanol–water partition coefficient (Wildman–Crippen LogP) is 1.55. The van der Waals surface area contributed by atoms with Crippen molar-refractivity contribution < 1.29 is 0 Å². The molecule has 0 aliphatic heterocycles. The van der Waals surface area contributed by atoms with Crippen LogP contribution >= 0.6 is 11.8 Å². The van der Waals surface area contributed by atoms with E-state index in [4.69, 9.17) is 10.5 Å². The van der Waals surface area contributed by atoms with Crippen molar-refractivity contribution in [1.82, 2.24) is 0 Å². The van der Waals surface area contributed by atoms with Gasteiger partial charge in [-0.05, 0) is 6.92 Å². The van der Waals surface area contributed by atoms with Gasteiger partial charge in [0.25, 0.3) is 0 Å². The molecular formula is C6H8N2S. The lowest BCUT2D eigenvalue weighted by molar-refractivity contribution is 1.20. The number of nitrogens with zero attached hydrogens (tertiary/aromatic N) is 2. The van der Waals surface area contributed by atoms with E-state index in [0.717, 1.165) is 5.75 Å². The second kappa shape index (κ2) is 5.47. The number of thioether (sulfide) groups is 1. The summed E-state index contributed by atoms with van der Waals surface area (Å²) in [4.78, 5) is 0. The molecule has 0 spiro atoms. The highest BCUT2D eigenvalue weighted by molar-refractivity contribution is 8.00. The standard InChI is InChI=1S/C6H8N2S/c1-6(5-8)9-4-2-3-7/h6H,2,4H2,1H3. The van der Waals surface area contributed by atoms with E-state index >= 15 is 0 Å². The van der Waals surface area contributed by atoms with E-state index in [9.17, 15) is 0 Å². The fourth-order valence-electron chi connectivity index (χ4n) is 0.319. The van der Waals surface area contributed by atoms with Crippen LogP contribution in [-0.2, 0) is 0 Å². The molecule has 0 amide bonds. The first-order valence-corrected chi connectivity index (χ1v) is 3.74. The Morgan fingerprint density at radius 1 is 1.56 bits per heavy atom. The van der Waals surface area contributed by atoms with Gasteiger partial charge in [-0.1, -0.05) is 0 Å². The first-order chi connectivity index (χ1) is 4.31. The molecule has 2 nitrogen and oxygen atoms in total. The molecule has 0 N–H and O–H groups in total. The quantitative estimate of drug-likeness (QED) is 0.559. The maximum absolute atomic E-state index is 8.28. The van der Waals surface area contributed by atoms with Crippen LogP contribution < -0.4 is 0 Å². The third-order valence-electron chi connectivity index (χ3n) is 0.764. The Balaban J connectivity index is 3.12. The summed E-state index contributed by atoms with van der Waals surface area (Å²) in [5.41, 5.74) is 0. The highest BCUT2D eigenvalue weighted by Crippen LogP contribution is 2.09. The van der Waals surface area contributed by atoms with Gasteiger partial charge in [-0.25, -0.2) is 0 Å². The first kappa shape index (κ1) is 8.33. The van der Waals surface area contributed by atoms with Gasteiger partial charge in [0.2, 0.25) is 0 Å². The van der Waals surface area contributed by atoms with E-state index in [-0.39, 0.29) is 5.25 Å². The van der Waals surface area contributed by atoms with Gasteiger partial charge in [-0.3, -0.25) is 0 Å². The third-order valence-corrected chi connectivity index (χ3v) is 1.81. The molecule has 0 radical (unpaired) electrons. The van der Waals surface area contributed by atoms with Crippen molar-refractivity contribution in [3.05, 3.63) is 0 Å². The summed E-state index contributed by atoms with van der Waals surface area (Å²) in [5.74, 6) is 0.769. The van der Waals surface area contributed by atoms with Gasteiger partial charge >= 0.3 is 0 Å². The molecular weight excluding hydrogens is 132 g/mol. The van der Waals surface area contributed by atoms with Crippen molar-refractivity contribution in [2.45, 2.75) is 18.6 Å². The van der Waals surface area contributed by atoms with Gasteiger partial charge in [0.15, 0.2) is 0 Å². The van der Waals surface area contributed by atoms with E-state index in [1.54, 1.807) is 0 Å². The Kier molecular flexibility index (Phi) is 5.06. The minimum atomic E-state index is 0.0262. The topological polar surface area (TPSA) is 47.6 Å². The lowest BCUT2D eigenvalue weighted by atomic mass is 10.5. The highest BCUT2D eigenvalue weighted by atomic mass is 32.2. The average molecular weight is 140 g/mol. The molecule has 1 unspecified atom stereocenters. The van der Waals surface area contributed by atoms with Crippen molar-refractivity contribution in [2.24, 2.45) is 0 Å². The van der Waals surface area contributed by atoms with E-state index in [1.807, 2.05) is 13.0 Å². The second-order valence-electron chi connectivity index (χ2n) is 1.55. The Bertz CT molecular complexity index is 142. The van der Waals surface area contributed by atoms with Crippen LogP contribution in [0.5, 0.6) is 0 Å². The van der Waals surface area contributed by atoms with Gasteiger partial charge in [0, 0.05) is 12.2 Å². The monoisotopic (exact) mass is 140 g/mol. The van der Waals surface area contributed by atoms with Crippen LogP contribution in [-0.4, -0.2) is 11.0 Å². The Morgan fingerprint density at radius 2 is 2.22 bits per heavy atom. The average Bonchev–Trinajstić information content (AvgIpc) is 1.89. The Hall–Kier alpha value is -0.670. The molecule has 9 heavy (non-hydrogen) atoms. The molecule has 48 valence electrons. The minimum absolute atomic E-state index is 0.0262. The smallest absolute Gasteiger partial charge is 0.0888 e. The zero-order valence-electron chi connectivity index (χ0n) is 5.29. The van der Waals surface area contributed by atoms with E-state index < -0.39 is 0 Å². The van der Waals surface area contributed by atoms with Gasteiger partial charge in [0.1, 0.15) is 0 Å². The Labute approximate surface area is 59.5 Å². The number of rotatable bonds is 3. The van der Waals surface area contributed by atoms with Crippen LogP contribution in [0, 0.1) is 22.7 Å². The molecule has 0 heterocycles. The van der Waals surface area contributed by atoms with E-state index in [1.165, 1.54) is 11.8 Å². The number of hydrogen-bond acceptors (Lipinski definition) is 3. The van der Waals surface area contributed by atoms with E-state index in [2.05, 4.69) is 6.07 Å². The van der Waals surface area contributed by atoms with Gasteiger partial charge < -0.3 is 0 Å². The number of nitriles is 2. The summed E-state index contributed by atoms with van der Waals surface area (Å²) in [5, 5.41) is 16.4. The van der Waals surface area contributed by atoms with Crippen LogP contribution in [0.25, 0.3) is 0 Å². The van der Waals surface area contributed by atoms with Crippen LogP contribution in [0.2, 0.25) is 0 Å². The van der Waals surface area contributed by atoms with E-state index in [0.29, 0.717) is 6.42 Å². The molecule has 0 rings (SSSR count). The fraction of sp³-hybridized carbons (Fsp3) is 0.667. The molecule has 0 saturated heterocycles. The molecule has 0 bridgehead atoms. The lowest BCUT2D eigenvalue weighted by Gasteiger charge is -1.95. The van der Waals surface area contributed by atoms with Gasteiger partial charge in [-0.15, -0.1) is 11.8 Å². The molecule has 0 aromatic heterocycles. The summed E-state index contributed by atoms with van der Waals surface area (Å²) in [7, 11) is 0. The Morgan fingerprint density at radius 3 is 2.67 bits per heavy atom. The summed E-state index contributed by atoms with van der Waals surface area (Å²) >= 11 is 1.52. The van der Waals surface area contributed by atoms with Crippen LogP contribution in [0.4, 0.5) is 0 Å². The molecule has 0 fully saturated rings. The molecule has 0 saturated carbocycles. The van der Waals surface area contributed by atoms with Crippen molar-refractivity contribution in [2.75, 3.05) is 5.75 Å². The van der Waals surface area contributed by atoms with Crippen LogP contribution in [0.1, 0.15) is 13.3 Å². The molecule has 0 aromatic carbocycles.